The van der Waals surface area contributed by atoms with Gasteiger partial charge in [0.1, 0.15) is 0 Å². The van der Waals surface area contributed by atoms with Gasteiger partial charge in [-0.05, 0) is 18.4 Å². The smallest absolute Gasteiger partial charge is 0.288 e. The molecule has 1 N–H and O–H groups in total. The minimum Gasteiger partial charge on any atom is -0.325 e. The number of carbonyl (C=O) groups is 1. The average molecular weight is 277 g/mol. The van der Waals surface area contributed by atoms with E-state index in [0.29, 0.717) is 28.8 Å². The summed E-state index contributed by atoms with van der Waals surface area (Å²) in [5, 5.41) is 2.64. The van der Waals surface area contributed by atoms with Crippen LogP contribution >= 0.6 is 23.5 Å². The predicted octanol–water partition coefficient (Wildman–Crippen LogP) is 3.69. The number of nitrogens with one attached hydrogen (secondary N) is 1. The zero-order valence-electron chi connectivity index (χ0n) is 9.28. The van der Waals surface area contributed by atoms with Crippen molar-refractivity contribution in [2.75, 3.05) is 17.3 Å². The van der Waals surface area contributed by atoms with Crippen molar-refractivity contribution in [3.8, 4) is 0 Å². The van der Waals surface area contributed by atoms with E-state index < -0.39 is 5.76 Å². The molecule has 0 aromatic heterocycles. The molecule has 0 aliphatic heterocycles. The standard InChI is InChI=1S/C11H13F2NOS2/c1-16-7-6-10(15)14-8-4-2-3-5-9(8)17-11(12)13/h2-5,11H,6-7H2,1H3,(H,14,15). The van der Waals surface area contributed by atoms with Crippen molar-refractivity contribution in [1.82, 2.24) is 0 Å². The Morgan fingerprint density at radius 3 is 2.76 bits per heavy atom. The lowest BCUT2D eigenvalue weighted by atomic mass is 10.3. The third-order valence-electron chi connectivity index (χ3n) is 1.91. The zero-order valence-corrected chi connectivity index (χ0v) is 10.9. The fraction of sp³-hybridized carbons (Fsp3) is 0.364. The molecule has 0 heterocycles. The molecule has 1 aromatic carbocycles. The van der Waals surface area contributed by atoms with E-state index in [0.717, 1.165) is 5.75 Å². The minimum absolute atomic E-state index is 0.151. The molecule has 94 valence electrons. The summed E-state index contributed by atoms with van der Waals surface area (Å²) < 4.78 is 24.6. The Labute approximate surface area is 108 Å². The van der Waals surface area contributed by atoms with Crippen LogP contribution in [0.25, 0.3) is 0 Å². The molecule has 1 amide bonds. The molecule has 0 saturated heterocycles. The number of anilines is 1. The Bertz CT molecular complexity index is 374. The molecule has 6 heteroatoms. The van der Waals surface area contributed by atoms with E-state index in [-0.39, 0.29) is 5.91 Å². The molecule has 0 atom stereocenters. The quantitative estimate of drug-likeness (QED) is 0.804. The third kappa shape index (κ3) is 5.41. The lowest BCUT2D eigenvalue weighted by molar-refractivity contribution is -0.115. The van der Waals surface area contributed by atoms with Gasteiger partial charge >= 0.3 is 0 Å². The maximum atomic E-state index is 12.3. The van der Waals surface area contributed by atoms with Crippen LogP contribution in [0.5, 0.6) is 0 Å². The molecular weight excluding hydrogens is 264 g/mol. The first-order chi connectivity index (χ1) is 8.13. The highest BCUT2D eigenvalue weighted by Gasteiger charge is 2.11. The Hall–Kier alpha value is -0.750. The number of rotatable bonds is 6. The van der Waals surface area contributed by atoms with Crippen molar-refractivity contribution in [1.29, 1.82) is 0 Å². The molecule has 0 unspecified atom stereocenters. The second-order valence-corrected chi connectivity index (χ2v) is 5.18. The maximum Gasteiger partial charge on any atom is 0.288 e. The van der Waals surface area contributed by atoms with E-state index in [4.69, 9.17) is 0 Å². The molecule has 17 heavy (non-hydrogen) atoms. The molecule has 0 saturated carbocycles. The molecule has 1 aromatic rings. The first-order valence-corrected chi connectivity index (χ1v) is 7.23. The van der Waals surface area contributed by atoms with Crippen LogP contribution < -0.4 is 5.32 Å². The van der Waals surface area contributed by atoms with E-state index in [9.17, 15) is 13.6 Å². The fourth-order valence-electron chi connectivity index (χ4n) is 1.18. The van der Waals surface area contributed by atoms with E-state index >= 15 is 0 Å². The molecule has 0 aliphatic carbocycles. The molecule has 0 fully saturated rings. The highest BCUT2D eigenvalue weighted by molar-refractivity contribution is 7.99. The van der Waals surface area contributed by atoms with Crippen molar-refractivity contribution in [2.45, 2.75) is 17.1 Å². The van der Waals surface area contributed by atoms with Crippen LogP contribution in [0, 0.1) is 0 Å². The van der Waals surface area contributed by atoms with Crippen molar-refractivity contribution >= 4 is 35.1 Å². The topological polar surface area (TPSA) is 29.1 Å². The Balaban J connectivity index is 2.66. The van der Waals surface area contributed by atoms with E-state index in [1.165, 1.54) is 0 Å². The van der Waals surface area contributed by atoms with Gasteiger partial charge in [0.15, 0.2) is 0 Å². The first-order valence-electron chi connectivity index (χ1n) is 4.96. The Morgan fingerprint density at radius 1 is 1.41 bits per heavy atom. The monoisotopic (exact) mass is 277 g/mol. The third-order valence-corrected chi connectivity index (χ3v) is 3.31. The molecule has 0 aliphatic rings. The number of hydrogen-bond acceptors (Lipinski definition) is 3. The van der Waals surface area contributed by atoms with Crippen LogP contribution in [-0.4, -0.2) is 23.7 Å². The Kier molecular flexibility index (Phi) is 6.36. The average Bonchev–Trinajstić information content (AvgIpc) is 2.28. The van der Waals surface area contributed by atoms with Crippen LogP contribution in [-0.2, 0) is 4.79 Å². The number of alkyl halides is 2. The van der Waals surface area contributed by atoms with Crippen molar-refractivity contribution in [2.24, 2.45) is 0 Å². The normalized spacial score (nSPS) is 10.6. The minimum atomic E-state index is -2.49. The van der Waals surface area contributed by atoms with Crippen LogP contribution in [0.1, 0.15) is 6.42 Å². The lowest BCUT2D eigenvalue weighted by Crippen LogP contribution is -2.12. The maximum absolute atomic E-state index is 12.3. The molecule has 0 spiro atoms. The second kappa shape index (κ2) is 7.55. The van der Waals surface area contributed by atoms with Gasteiger partial charge in [-0.2, -0.15) is 20.5 Å². The van der Waals surface area contributed by atoms with Crippen LogP contribution in [0.2, 0.25) is 0 Å². The van der Waals surface area contributed by atoms with Crippen molar-refractivity contribution in [3.05, 3.63) is 24.3 Å². The van der Waals surface area contributed by atoms with Gasteiger partial charge in [-0.25, -0.2) is 0 Å². The summed E-state index contributed by atoms with van der Waals surface area (Å²) in [7, 11) is 0. The summed E-state index contributed by atoms with van der Waals surface area (Å²) in [5.41, 5.74) is 0.448. The van der Waals surface area contributed by atoms with Crippen LogP contribution in [0.3, 0.4) is 0 Å². The van der Waals surface area contributed by atoms with Gasteiger partial charge in [0.25, 0.3) is 5.76 Å². The number of halogens is 2. The number of para-hydroxylation sites is 1. The summed E-state index contributed by atoms with van der Waals surface area (Å²) in [6.07, 6.45) is 2.29. The van der Waals surface area contributed by atoms with Gasteiger partial charge in [-0.1, -0.05) is 23.9 Å². The van der Waals surface area contributed by atoms with E-state index in [1.54, 1.807) is 36.0 Å². The highest BCUT2D eigenvalue weighted by atomic mass is 32.2. The molecule has 2 nitrogen and oxygen atoms in total. The number of amides is 1. The van der Waals surface area contributed by atoms with Gasteiger partial charge in [-0.3, -0.25) is 4.79 Å². The fourth-order valence-corrected chi connectivity index (χ4v) is 2.16. The summed E-state index contributed by atoms with van der Waals surface area (Å²) in [6, 6.07) is 6.57. The summed E-state index contributed by atoms with van der Waals surface area (Å²) in [4.78, 5) is 11.9. The lowest BCUT2D eigenvalue weighted by Gasteiger charge is -2.09. The van der Waals surface area contributed by atoms with Gasteiger partial charge in [0.2, 0.25) is 5.91 Å². The molecular formula is C11H13F2NOS2. The van der Waals surface area contributed by atoms with Gasteiger partial charge in [0.05, 0.1) is 5.69 Å². The molecule has 0 radical (unpaired) electrons. The Morgan fingerprint density at radius 2 is 2.12 bits per heavy atom. The van der Waals surface area contributed by atoms with Crippen LogP contribution in [0.4, 0.5) is 14.5 Å². The van der Waals surface area contributed by atoms with E-state index in [2.05, 4.69) is 5.32 Å². The number of thioether (sulfide) groups is 2. The molecule has 0 bridgehead atoms. The largest absolute Gasteiger partial charge is 0.325 e. The van der Waals surface area contributed by atoms with Crippen LogP contribution in [0.15, 0.2) is 29.2 Å². The summed E-state index contributed by atoms with van der Waals surface area (Å²) in [5.74, 6) is -1.92. The summed E-state index contributed by atoms with van der Waals surface area (Å²) >= 11 is 2.01. The number of carbonyl (C=O) groups excluding carboxylic acids is 1. The first kappa shape index (κ1) is 14.3. The van der Waals surface area contributed by atoms with Gasteiger partial charge < -0.3 is 5.32 Å². The predicted molar refractivity (Wildman–Crippen MR) is 69.9 cm³/mol. The number of hydrogen-bond donors (Lipinski definition) is 1. The SMILES string of the molecule is CSCCC(=O)Nc1ccccc1SC(F)F. The van der Waals surface area contributed by atoms with Gasteiger partial charge in [-0.15, -0.1) is 0 Å². The highest BCUT2D eigenvalue weighted by Crippen LogP contribution is 2.31. The van der Waals surface area contributed by atoms with Crippen molar-refractivity contribution < 1.29 is 13.6 Å². The van der Waals surface area contributed by atoms with Crippen molar-refractivity contribution in [3.63, 3.8) is 0 Å². The second-order valence-electron chi connectivity index (χ2n) is 3.17. The van der Waals surface area contributed by atoms with Gasteiger partial charge in [0, 0.05) is 17.1 Å². The molecule has 1 rings (SSSR count). The summed E-state index contributed by atoms with van der Waals surface area (Å²) in [6.45, 7) is 0. The zero-order chi connectivity index (χ0) is 12.7. The van der Waals surface area contributed by atoms with E-state index in [1.807, 2.05) is 6.26 Å². The number of benzene rings is 1.